The quantitative estimate of drug-likeness (QED) is 0.258. The predicted octanol–water partition coefficient (Wildman–Crippen LogP) is 7.16. The van der Waals surface area contributed by atoms with E-state index in [2.05, 4.69) is 12.1 Å². The Morgan fingerprint density at radius 1 is 0.857 bits per heavy atom. The molecule has 4 aromatic carbocycles. The highest BCUT2D eigenvalue weighted by Crippen LogP contribution is 2.41. The Morgan fingerprint density at radius 2 is 1.57 bits per heavy atom. The number of carbonyl (C=O) groups is 1. The van der Waals surface area contributed by atoms with Gasteiger partial charge >= 0.3 is 0 Å². The molecule has 0 unspecified atom stereocenters. The Balaban J connectivity index is 1.43. The molecule has 1 aliphatic rings. The molecule has 0 saturated heterocycles. The van der Waals surface area contributed by atoms with Gasteiger partial charge < -0.3 is 4.90 Å². The fraction of sp³-hybridized carbons (Fsp3) is 0.133. The second-order valence-corrected chi connectivity index (χ2v) is 9.62. The third-order valence-electron chi connectivity index (χ3n) is 6.08. The SMILES string of the molecule is CN(CCCc1ccccc1)C(=O)c1ccc2c(c1)N=C(c1ccccc1F)c1ccccc1S2. The number of aryl methyl sites for hydroxylation is 1. The number of hydrogen-bond acceptors (Lipinski definition) is 3. The number of hydrogen-bond donors (Lipinski definition) is 0. The van der Waals surface area contributed by atoms with Gasteiger partial charge in [-0.25, -0.2) is 9.38 Å². The summed E-state index contributed by atoms with van der Waals surface area (Å²) in [5.41, 5.74) is 4.42. The number of carbonyl (C=O) groups excluding carboxylic acids is 1. The highest BCUT2D eigenvalue weighted by Gasteiger charge is 2.22. The van der Waals surface area contributed by atoms with Crippen LogP contribution in [0.2, 0.25) is 0 Å². The third-order valence-corrected chi connectivity index (χ3v) is 7.22. The average Bonchev–Trinajstić information content (AvgIpc) is 3.05. The normalized spacial score (nSPS) is 12.2. The van der Waals surface area contributed by atoms with Crippen LogP contribution < -0.4 is 0 Å². The van der Waals surface area contributed by atoms with Crippen LogP contribution in [0.5, 0.6) is 0 Å². The molecule has 0 atom stereocenters. The van der Waals surface area contributed by atoms with Crippen molar-refractivity contribution in [3.05, 3.63) is 125 Å². The van der Waals surface area contributed by atoms with E-state index in [4.69, 9.17) is 4.99 Å². The molecule has 0 aromatic heterocycles. The monoisotopic (exact) mass is 480 g/mol. The summed E-state index contributed by atoms with van der Waals surface area (Å²) in [6.45, 7) is 0.661. The molecule has 0 fully saturated rings. The largest absolute Gasteiger partial charge is 0.342 e. The second kappa shape index (κ2) is 10.3. The molecule has 5 heteroatoms. The van der Waals surface area contributed by atoms with E-state index in [9.17, 15) is 9.18 Å². The van der Waals surface area contributed by atoms with E-state index in [1.807, 2.05) is 73.8 Å². The van der Waals surface area contributed by atoms with Gasteiger partial charge in [-0.2, -0.15) is 0 Å². The average molecular weight is 481 g/mol. The van der Waals surface area contributed by atoms with Crippen molar-refractivity contribution in [2.24, 2.45) is 4.99 Å². The number of amides is 1. The van der Waals surface area contributed by atoms with Crippen molar-refractivity contribution in [3.8, 4) is 0 Å². The van der Waals surface area contributed by atoms with Crippen LogP contribution in [0.4, 0.5) is 10.1 Å². The highest BCUT2D eigenvalue weighted by molar-refractivity contribution is 7.99. The van der Waals surface area contributed by atoms with Crippen LogP contribution in [0, 0.1) is 5.82 Å². The first-order chi connectivity index (χ1) is 17.1. The Morgan fingerprint density at radius 3 is 2.37 bits per heavy atom. The minimum atomic E-state index is -0.320. The zero-order valence-electron chi connectivity index (χ0n) is 19.4. The first kappa shape index (κ1) is 23.1. The maximum absolute atomic E-state index is 14.8. The Bertz CT molecular complexity index is 1400. The van der Waals surface area contributed by atoms with Gasteiger partial charge in [-0.1, -0.05) is 72.4 Å². The van der Waals surface area contributed by atoms with Crippen molar-refractivity contribution in [1.29, 1.82) is 0 Å². The summed E-state index contributed by atoms with van der Waals surface area (Å²) in [6.07, 6.45) is 1.81. The maximum atomic E-state index is 14.8. The molecule has 0 N–H and O–H groups in total. The van der Waals surface area contributed by atoms with Gasteiger partial charge in [0.15, 0.2) is 0 Å². The van der Waals surface area contributed by atoms with Crippen molar-refractivity contribution in [3.63, 3.8) is 0 Å². The smallest absolute Gasteiger partial charge is 0.253 e. The van der Waals surface area contributed by atoms with E-state index in [1.165, 1.54) is 11.6 Å². The lowest BCUT2D eigenvalue weighted by molar-refractivity contribution is 0.0793. The van der Waals surface area contributed by atoms with Crippen LogP contribution >= 0.6 is 11.8 Å². The predicted molar refractivity (Wildman–Crippen MR) is 140 cm³/mol. The zero-order chi connectivity index (χ0) is 24.2. The molecular formula is C30H25FN2OS. The van der Waals surface area contributed by atoms with Crippen molar-refractivity contribution in [2.45, 2.75) is 22.6 Å². The molecule has 1 aliphatic heterocycles. The van der Waals surface area contributed by atoms with Gasteiger partial charge in [0.25, 0.3) is 5.91 Å². The number of nitrogens with zero attached hydrogens (tertiary/aromatic N) is 2. The molecule has 1 amide bonds. The summed E-state index contributed by atoms with van der Waals surface area (Å²) >= 11 is 1.59. The molecule has 0 aliphatic carbocycles. The Hall–Kier alpha value is -3.70. The van der Waals surface area contributed by atoms with Gasteiger partial charge in [-0.3, -0.25) is 4.79 Å². The van der Waals surface area contributed by atoms with Crippen LogP contribution in [0.25, 0.3) is 0 Å². The summed E-state index contributed by atoms with van der Waals surface area (Å²) in [5.74, 6) is -0.366. The minimum absolute atomic E-state index is 0.0461. The van der Waals surface area contributed by atoms with E-state index < -0.39 is 0 Å². The summed E-state index contributed by atoms with van der Waals surface area (Å²) in [5, 5.41) is 0. The molecular weight excluding hydrogens is 455 g/mol. The van der Waals surface area contributed by atoms with E-state index in [-0.39, 0.29) is 11.7 Å². The lowest BCUT2D eigenvalue weighted by Gasteiger charge is -2.18. The Labute approximate surface area is 209 Å². The summed E-state index contributed by atoms with van der Waals surface area (Å²) < 4.78 is 14.8. The molecule has 0 radical (unpaired) electrons. The van der Waals surface area contributed by atoms with Crippen molar-refractivity contribution >= 4 is 29.1 Å². The van der Waals surface area contributed by atoms with Crippen LogP contribution in [-0.4, -0.2) is 30.1 Å². The van der Waals surface area contributed by atoms with Gasteiger partial charge in [0.2, 0.25) is 0 Å². The van der Waals surface area contributed by atoms with Crippen LogP contribution in [-0.2, 0) is 6.42 Å². The maximum Gasteiger partial charge on any atom is 0.253 e. The Kier molecular flexibility index (Phi) is 6.77. The molecule has 0 spiro atoms. The topological polar surface area (TPSA) is 32.7 Å². The minimum Gasteiger partial charge on any atom is -0.342 e. The first-order valence-electron chi connectivity index (χ1n) is 11.6. The van der Waals surface area contributed by atoms with E-state index in [0.717, 1.165) is 28.2 Å². The molecule has 5 rings (SSSR count). The van der Waals surface area contributed by atoms with Gasteiger partial charge in [0.1, 0.15) is 5.82 Å². The molecule has 4 aromatic rings. The summed E-state index contributed by atoms with van der Waals surface area (Å²) in [4.78, 5) is 21.8. The lowest BCUT2D eigenvalue weighted by atomic mass is 10.0. The van der Waals surface area contributed by atoms with Crippen molar-refractivity contribution in [1.82, 2.24) is 4.90 Å². The number of aliphatic imine (C=N–C) groups is 1. The fourth-order valence-electron chi connectivity index (χ4n) is 4.22. The zero-order valence-corrected chi connectivity index (χ0v) is 20.3. The number of benzene rings is 4. The van der Waals surface area contributed by atoms with Crippen LogP contribution in [0.1, 0.15) is 33.5 Å². The molecule has 3 nitrogen and oxygen atoms in total. The second-order valence-electron chi connectivity index (χ2n) is 8.54. The number of halogens is 1. The summed E-state index contributed by atoms with van der Waals surface area (Å²) in [7, 11) is 1.83. The van der Waals surface area contributed by atoms with E-state index in [0.29, 0.717) is 29.1 Å². The highest BCUT2D eigenvalue weighted by atomic mass is 32.2. The molecule has 0 saturated carbocycles. The summed E-state index contributed by atoms with van der Waals surface area (Å²) in [6, 6.07) is 30.5. The van der Waals surface area contributed by atoms with Gasteiger partial charge in [-0.15, -0.1) is 0 Å². The van der Waals surface area contributed by atoms with Gasteiger partial charge in [-0.05, 0) is 54.8 Å². The van der Waals surface area contributed by atoms with Gasteiger partial charge in [0, 0.05) is 40.1 Å². The molecule has 174 valence electrons. The van der Waals surface area contributed by atoms with E-state index >= 15 is 0 Å². The number of fused-ring (bicyclic) bond motifs is 2. The molecule has 35 heavy (non-hydrogen) atoms. The van der Waals surface area contributed by atoms with Crippen molar-refractivity contribution < 1.29 is 9.18 Å². The molecule has 1 heterocycles. The fourth-order valence-corrected chi connectivity index (χ4v) is 5.22. The van der Waals surface area contributed by atoms with Crippen LogP contribution in [0.15, 0.2) is 112 Å². The third kappa shape index (κ3) is 5.05. The molecule has 0 bridgehead atoms. The lowest BCUT2D eigenvalue weighted by Crippen LogP contribution is -2.28. The number of rotatable bonds is 6. The standard InChI is InChI=1S/C30H25FN2OS/c1-33(19-9-12-21-10-3-2-4-11-21)30(34)22-17-18-28-26(20-22)32-29(23-13-5-7-15-25(23)31)24-14-6-8-16-27(24)35-28/h2-8,10-11,13-18,20H,9,12,19H2,1H3. The van der Waals surface area contributed by atoms with Crippen LogP contribution in [0.3, 0.4) is 0 Å². The first-order valence-corrected chi connectivity index (χ1v) is 12.5. The van der Waals surface area contributed by atoms with Gasteiger partial charge in [0.05, 0.1) is 11.4 Å². The van der Waals surface area contributed by atoms with Crippen molar-refractivity contribution in [2.75, 3.05) is 13.6 Å². The van der Waals surface area contributed by atoms with E-state index in [1.54, 1.807) is 28.8 Å².